The molecule has 0 radical (unpaired) electrons. The lowest BCUT2D eigenvalue weighted by atomic mass is 10.1. The lowest BCUT2D eigenvalue weighted by molar-refractivity contribution is -0.131. The second kappa shape index (κ2) is 9.25. The molecule has 4 heterocycles. The number of nitrogens with zero attached hydrogens (tertiary/aromatic N) is 5. The number of benzene rings is 1. The SMILES string of the molecule is CC(C)CN1C(=O)c2sccc2N2C(CCC(=O)N3CCN(c4ccccc4F)CC3)=NNC12. The number of thiophene rings is 1. The molecule has 3 aliphatic heterocycles. The van der Waals surface area contributed by atoms with Crippen molar-refractivity contribution in [2.45, 2.75) is 33.0 Å². The van der Waals surface area contributed by atoms with Crippen LogP contribution in [-0.2, 0) is 4.79 Å². The zero-order chi connectivity index (χ0) is 23.8. The van der Waals surface area contributed by atoms with E-state index >= 15 is 0 Å². The summed E-state index contributed by atoms with van der Waals surface area (Å²) in [6, 6.07) is 8.70. The fraction of sp³-hybridized carbons (Fsp3) is 0.458. The Hall–Kier alpha value is -3.14. The van der Waals surface area contributed by atoms with Crippen molar-refractivity contribution < 1.29 is 14.0 Å². The molecule has 8 nitrogen and oxygen atoms in total. The molecule has 5 rings (SSSR count). The second-order valence-electron chi connectivity index (χ2n) is 9.21. The van der Waals surface area contributed by atoms with Crippen LogP contribution < -0.4 is 15.2 Å². The molecule has 3 aliphatic rings. The molecule has 0 aliphatic carbocycles. The molecule has 1 aromatic heterocycles. The van der Waals surface area contributed by atoms with E-state index in [-0.39, 0.29) is 23.9 Å². The number of nitrogens with one attached hydrogen (secondary N) is 1. The average molecular weight is 485 g/mol. The highest BCUT2D eigenvalue weighted by Crippen LogP contribution is 2.37. The first-order chi connectivity index (χ1) is 16.4. The number of carbonyl (C=O) groups excluding carboxylic acids is 2. The van der Waals surface area contributed by atoms with Crippen molar-refractivity contribution in [3.8, 4) is 0 Å². The van der Waals surface area contributed by atoms with Gasteiger partial charge in [-0.1, -0.05) is 26.0 Å². The summed E-state index contributed by atoms with van der Waals surface area (Å²) < 4.78 is 14.1. The largest absolute Gasteiger partial charge is 0.366 e. The Morgan fingerprint density at radius 2 is 1.94 bits per heavy atom. The van der Waals surface area contributed by atoms with Crippen LogP contribution in [0, 0.1) is 11.7 Å². The van der Waals surface area contributed by atoms with Gasteiger partial charge in [0.25, 0.3) is 5.91 Å². The molecule has 34 heavy (non-hydrogen) atoms. The van der Waals surface area contributed by atoms with Crippen molar-refractivity contribution in [2.24, 2.45) is 11.0 Å². The van der Waals surface area contributed by atoms with Gasteiger partial charge in [-0.2, -0.15) is 5.10 Å². The number of rotatable bonds is 6. The smallest absolute Gasteiger partial charge is 0.269 e. The third-order valence-electron chi connectivity index (χ3n) is 6.44. The van der Waals surface area contributed by atoms with Crippen molar-refractivity contribution in [3.63, 3.8) is 0 Å². The summed E-state index contributed by atoms with van der Waals surface area (Å²) in [6.07, 6.45) is 0.460. The second-order valence-corrected chi connectivity index (χ2v) is 10.1. The molecule has 10 heteroatoms. The van der Waals surface area contributed by atoms with Crippen LogP contribution in [0.25, 0.3) is 0 Å². The van der Waals surface area contributed by atoms with Crippen molar-refractivity contribution in [1.82, 2.24) is 15.2 Å². The zero-order valence-corrected chi connectivity index (χ0v) is 20.2. The monoisotopic (exact) mass is 484 g/mol. The van der Waals surface area contributed by atoms with Gasteiger partial charge in [0.05, 0.1) is 11.4 Å². The topological polar surface area (TPSA) is 71.5 Å². The van der Waals surface area contributed by atoms with Crippen molar-refractivity contribution in [1.29, 1.82) is 0 Å². The molecule has 1 atom stereocenters. The molecule has 0 spiro atoms. The van der Waals surface area contributed by atoms with Gasteiger partial charge < -0.3 is 9.80 Å². The number of para-hydroxylation sites is 1. The van der Waals surface area contributed by atoms with Gasteiger partial charge in [-0.05, 0) is 29.5 Å². The van der Waals surface area contributed by atoms with Gasteiger partial charge in [0.1, 0.15) is 16.5 Å². The molecule has 2 aromatic rings. The predicted octanol–water partition coefficient (Wildman–Crippen LogP) is 3.13. The van der Waals surface area contributed by atoms with Crippen LogP contribution in [-0.4, -0.2) is 66.5 Å². The summed E-state index contributed by atoms with van der Waals surface area (Å²) in [5, 5.41) is 6.44. The number of hydrazone groups is 1. The predicted molar refractivity (Wildman–Crippen MR) is 131 cm³/mol. The van der Waals surface area contributed by atoms with Crippen LogP contribution in [0.2, 0.25) is 0 Å². The molecule has 1 saturated heterocycles. The van der Waals surface area contributed by atoms with Crippen LogP contribution in [0.1, 0.15) is 36.4 Å². The number of anilines is 2. The Kier molecular flexibility index (Phi) is 6.16. The number of piperazine rings is 1. The third-order valence-corrected chi connectivity index (χ3v) is 7.33. The van der Waals surface area contributed by atoms with Crippen LogP contribution in [0.5, 0.6) is 0 Å². The highest BCUT2D eigenvalue weighted by molar-refractivity contribution is 7.12. The summed E-state index contributed by atoms with van der Waals surface area (Å²) in [4.78, 5) is 34.4. The molecular formula is C24H29FN6O2S. The molecule has 1 unspecified atom stereocenters. The van der Waals surface area contributed by atoms with Gasteiger partial charge in [0.2, 0.25) is 12.2 Å². The maximum absolute atomic E-state index is 14.1. The number of halogens is 1. The van der Waals surface area contributed by atoms with E-state index in [4.69, 9.17) is 0 Å². The Morgan fingerprint density at radius 3 is 2.68 bits per heavy atom. The van der Waals surface area contributed by atoms with Crippen molar-refractivity contribution in [3.05, 3.63) is 46.4 Å². The third kappa shape index (κ3) is 4.11. The summed E-state index contributed by atoms with van der Waals surface area (Å²) in [7, 11) is 0. The van der Waals surface area contributed by atoms with E-state index in [2.05, 4.69) is 29.3 Å². The lowest BCUT2D eigenvalue weighted by Crippen LogP contribution is -2.59. The molecule has 2 amide bonds. The molecule has 1 fully saturated rings. The maximum atomic E-state index is 14.1. The molecule has 0 bridgehead atoms. The zero-order valence-electron chi connectivity index (χ0n) is 19.4. The Balaban J connectivity index is 1.21. The summed E-state index contributed by atoms with van der Waals surface area (Å²) in [5.41, 5.74) is 4.56. The van der Waals surface area contributed by atoms with E-state index in [0.717, 1.165) is 11.5 Å². The van der Waals surface area contributed by atoms with E-state index in [1.165, 1.54) is 17.4 Å². The molecule has 1 N–H and O–H groups in total. The lowest BCUT2D eigenvalue weighted by Gasteiger charge is -2.40. The van der Waals surface area contributed by atoms with Crippen LogP contribution >= 0.6 is 11.3 Å². The van der Waals surface area contributed by atoms with Crippen LogP contribution in [0.3, 0.4) is 0 Å². The minimum absolute atomic E-state index is 0.0210. The van der Waals surface area contributed by atoms with Crippen molar-refractivity contribution in [2.75, 3.05) is 42.5 Å². The molecular weight excluding hydrogens is 455 g/mol. The highest BCUT2D eigenvalue weighted by atomic mass is 32.1. The molecule has 0 saturated carbocycles. The number of hydrogen-bond donors (Lipinski definition) is 1. The molecule has 180 valence electrons. The Morgan fingerprint density at radius 1 is 1.18 bits per heavy atom. The first-order valence-electron chi connectivity index (χ1n) is 11.7. The van der Waals surface area contributed by atoms with Gasteiger partial charge in [-0.25, -0.2) is 4.39 Å². The minimum atomic E-state index is -0.355. The van der Waals surface area contributed by atoms with Gasteiger partial charge in [0, 0.05) is 45.6 Å². The first kappa shape index (κ1) is 22.6. The number of hydrogen-bond acceptors (Lipinski definition) is 7. The van der Waals surface area contributed by atoms with Gasteiger partial charge >= 0.3 is 0 Å². The highest BCUT2D eigenvalue weighted by Gasteiger charge is 2.43. The Labute approximate surface area is 202 Å². The standard InChI is InChI=1S/C24H29FN6O2S/c1-16(2)15-30-23(33)22-19(9-14-34-22)31-20(26-27-24(30)31)7-8-21(32)29-12-10-28(11-13-29)18-6-4-3-5-17(18)25/h3-6,9,14,16,24,27H,7-8,10-13,15H2,1-2H3. The van der Waals surface area contributed by atoms with E-state index in [9.17, 15) is 14.0 Å². The first-order valence-corrected chi connectivity index (χ1v) is 12.6. The Bertz CT molecular complexity index is 1110. The number of amidine groups is 1. The number of amides is 2. The molecule has 1 aromatic carbocycles. The quantitative estimate of drug-likeness (QED) is 0.682. The van der Waals surface area contributed by atoms with E-state index < -0.39 is 0 Å². The fourth-order valence-electron chi connectivity index (χ4n) is 4.79. The normalized spacial score (nSPS) is 19.8. The van der Waals surface area contributed by atoms with E-state index in [1.54, 1.807) is 12.1 Å². The van der Waals surface area contributed by atoms with Gasteiger partial charge in [-0.15, -0.1) is 11.3 Å². The van der Waals surface area contributed by atoms with Gasteiger partial charge in [-0.3, -0.25) is 24.8 Å². The maximum Gasteiger partial charge on any atom is 0.269 e. The minimum Gasteiger partial charge on any atom is -0.366 e. The van der Waals surface area contributed by atoms with Crippen molar-refractivity contribution >= 4 is 40.4 Å². The number of carbonyl (C=O) groups is 2. The van der Waals surface area contributed by atoms with Crippen LogP contribution in [0.15, 0.2) is 40.8 Å². The van der Waals surface area contributed by atoms with E-state index in [1.807, 2.05) is 32.2 Å². The average Bonchev–Trinajstić information content (AvgIpc) is 3.48. The summed E-state index contributed by atoms with van der Waals surface area (Å²) >= 11 is 1.44. The number of fused-ring (bicyclic) bond motifs is 3. The summed E-state index contributed by atoms with van der Waals surface area (Å²) in [6.45, 7) is 7.14. The van der Waals surface area contributed by atoms with Gasteiger partial charge in [0.15, 0.2) is 0 Å². The van der Waals surface area contributed by atoms with E-state index in [0.29, 0.717) is 62.0 Å². The van der Waals surface area contributed by atoms with Crippen LogP contribution in [0.4, 0.5) is 15.8 Å². The summed E-state index contributed by atoms with van der Waals surface area (Å²) in [5.74, 6) is 0.944. The fourth-order valence-corrected chi connectivity index (χ4v) is 5.63.